The third kappa shape index (κ3) is 3.32. The molecule has 0 spiro atoms. The molecule has 0 bridgehead atoms. The number of rotatable bonds is 1. The Balaban J connectivity index is 1.79. The highest BCUT2D eigenvalue weighted by molar-refractivity contribution is 6.11. The van der Waals surface area contributed by atoms with Crippen molar-refractivity contribution in [2.75, 3.05) is 4.90 Å². The first-order chi connectivity index (χ1) is 17.1. The van der Waals surface area contributed by atoms with Crippen LogP contribution in [0.25, 0.3) is 21.5 Å². The molecule has 0 amide bonds. The lowest BCUT2D eigenvalue weighted by atomic mass is 9.84. The summed E-state index contributed by atoms with van der Waals surface area (Å²) in [5.74, 6) is 1.89. The molecule has 1 heterocycles. The Morgan fingerprint density at radius 3 is 1.44 bits per heavy atom. The summed E-state index contributed by atoms with van der Waals surface area (Å²) in [6, 6.07) is 26.6. The van der Waals surface area contributed by atoms with Crippen molar-refractivity contribution in [3.63, 3.8) is 0 Å². The second-order valence-electron chi connectivity index (χ2n) is 11.3. The summed E-state index contributed by atoms with van der Waals surface area (Å²) < 4.78 is 6.82. The molecule has 5 aromatic rings. The second kappa shape index (κ2) is 7.86. The first-order valence-corrected chi connectivity index (χ1v) is 12.8. The number of nitrogens with zero attached hydrogens (tertiary/aromatic N) is 1. The van der Waals surface area contributed by atoms with Crippen LogP contribution in [0.4, 0.5) is 17.1 Å². The van der Waals surface area contributed by atoms with Crippen LogP contribution in [0.3, 0.4) is 0 Å². The van der Waals surface area contributed by atoms with Gasteiger partial charge in [-0.15, -0.1) is 0 Å². The van der Waals surface area contributed by atoms with Crippen LogP contribution in [0.2, 0.25) is 0 Å². The van der Waals surface area contributed by atoms with Gasteiger partial charge in [0.25, 0.3) is 0 Å². The van der Waals surface area contributed by atoms with Crippen LogP contribution in [0.1, 0.15) is 48.6 Å². The van der Waals surface area contributed by atoms with Crippen molar-refractivity contribution in [3.05, 3.63) is 101 Å². The number of hydrogen-bond acceptors (Lipinski definition) is 2. The molecule has 0 radical (unpaired) electrons. The van der Waals surface area contributed by atoms with Gasteiger partial charge in [-0.2, -0.15) is 0 Å². The van der Waals surface area contributed by atoms with Crippen LogP contribution in [-0.2, 0) is 5.41 Å². The van der Waals surface area contributed by atoms with E-state index in [9.17, 15) is 0 Å². The quantitative estimate of drug-likeness (QED) is 0.236. The number of fused-ring (bicyclic) bond motifs is 6. The molecule has 2 nitrogen and oxygen atoms in total. The van der Waals surface area contributed by atoms with Gasteiger partial charge in [-0.3, -0.25) is 0 Å². The Bertz CT molecular complexity index is 1570. The largest absolute Gasteiger partial charge is 0.452 e. The van der Waals surface area contributed by atoms with E-state index in [1.807, 2.05) is 0 Å². The van der Waals surface area contributed by atoms with E-state index in [-0.39, 0.29) is 5.41 Å². The van der Waals surface area contributed by atoms with Crippen LogP contribution in [0.15, 0.2) is 72.8 Å². The average molecular weight is 472 g/mol. The lowest BCUT2D eigenvalue weighted by Gasteiger charge is -2.38. The summed E-state index contributed by atoms with van der Waals surface area (Å²) in [4.78, 5) is 2.50. The molecule has 0 aromatic heterocycles. The lowest BCUT2D eigenvalue weighted by molar-refractivity contribution is 0.471. The van der Waals surface area contributed by atoms with Crippen LogP contribution in [-0.4, -0.2) is 0 Å². The van der Waals surface area contributed by atoms with Crippen molar-refractivity contribution in [2.24, 2.45) is 0 Å². The second-order valence-corrected chi connectivity index (χ2v) is 11.3. The molecule has 1 aliphatic rings. The fraction of sp³-hybridized carbons (Fsp3) is 0.235. The molecule has 36 heavy (non-hydrogen) atoms. The minimum absolute atomic E-state index is 0.0848. The van der Waals surface area contributed by atoms with Gasteiger partial charge >= 0.3 is 0 Å². The summed E-state index contributed by atoms with van der Waals surface area (Å²) in [6.45, 7) is 15.7. The van der Waals surface area contributed by atoms with E-state index in [2.05, 4.69) is 126 Å². The van der Waals surface area contributed by atoms with Crippen molar-refractivity contribution in [1.82, 2.24) is 0 Å². The van der Waals surface area contributed by atoms with Gasteiger partial charge in [0.05, 0.1) is 17.1 Å². The summed E-state index contributed by atoms with van der Waals surface area (Å²) in [6.07, 6.45) is 0. The summed E-state index contributed by atoms with van der Waals surface area (Å²) >= 11 is 0. The van der Waals surface area contributed by atoms with E-state index in [1.165, 1.54) is 43.9 Å². The molecule has 0 atom stereocenters. The first-order valence-electron chi connectivity index (χ1n) is 12.8. The molecule has 0 N–H and O–H groups in total. The molecular weight excluding hydrogens is 438 g/mol. The molecule has 2 heteroatoms. The summed E-state index contributed by atoms with van der Waals surface area (Å²) in [5.41, 5.74) is 9.78. The Kier molecular flexibility index (Phi) is 4.95. The Morgan fingerprint density at radius 1 is 0.556 bits per heavy atom. The zero-order valence-corrected chi connectivity index (χ0v) is 22.3. The number of anilines is 3. The number of aryl methyl sites for hydroxylation is 4. The van der Waals surface area contributed by atoms with E-state index in [0.717, 1.165) is 34.0 Å². The van der Waals surface area contributed by atoms with E-state index in [4.69, 9.17) is 4.74 Å². The highest BCUT2D eigenvalue weighted by Crippen LogP contribution is 2.58. The van der Waals surface area contributed by atoms with Gasteiger partial charge in [0, 0.05) is 10.8 Å². The lowest BCUT2D eigenvalue weighted by Crippen LogP contribution is -2.21. The topological polar surface area (TPSA) is 12.5 Å². The van der Waals surface area contributed by atoms with Gasteiger partial charge in [-0.05, 0) is 83.8 Å². The molecule has 0 saturated carbocycles. The minimum Gasteiger partial charge on any atom is -0.452 e. The maximum absolute atomic E-state index is 6.82. The standard InChI is InChI=1S/C34H33NO/c1-20-18-26(34(5,6)7)19-21(2)29(20)35-30-27-14-10-8-12-24(27)16-22(3)32(30)36-33-23(4)17-25-13-9-11-15-28(25)31(33)35/h8-19H,1-7H3. The molecule has 0 aliphatic carbocycles. The zero-order chi connectivity index (χ0) is 25.4. The van der Waals surface area contributed by atoms with Gasteiger partial charge < -0.3 is 9.64 Å². The smallest absolute Gasteiger partial charge is 0.155 e. The molecule has 0 fully saturated rings. The molecular formula is C34H33NO. The zero-order valence-electron chi connectivity index (χ0n) is 22.3. The molecule has 0 unspecified atom stereocenters. The van der Waals surface area contributed by atoms with Crippen LogP contribution >= 0.6 is 0 Å². The van der Waals surface area contributed by atoms with Crippen LogP contribution < -0.4 is 9.64 Å². The minimum atomic E-state index is 0.0848. The summed E-state index contributed by atoms with van der Waals surface area (Å²) in [5, 5.41) is 4.86. The Morgan fingerprint density at radius 2 is 1.00 bits per heavy atom. The van der Waals surface area contributed by atoms with Gasteiger partial charge in [0.2, 0.25) is 0 Å². The van der Waals surface area contributed by atoms with E-state index in [1.54, 1.807) is 0 Å². The van der Waals surface area contributed by atoms with Crippen molar-refractivity contribution >= 4 is 38.6 Å². The fourth-order valence-electron chi connectivity index (χ4n) is 5.77. The van der Waals surface area contributed by atoms with Gasteiger partial charge in [-0.25, -0.2) is 0 Å². The third-order valence-electron chi connectivity index (χ3n) is 7.55. The van der Waals surface area contributed by atoms with Crippen molar-refractivity contribution in [3.8, 4) is 11.5 Å². The van der Waals surface area contributed by atoms with Gasteiger partial charge in [0.15, 0.2) is 11.5 Å². The highest BCUT2D eigenvalue weighted by Gasteiger charge is 2.34. The molecule has 6 rings (SSSR count). The van der Waals surface area contributed by atoms with E-state index < -0.39 is 0 Å². The monoisotopic (exact) mass is 471 g/mol. The third-order valence-corrected chi connectivity index (χ3v) is 7.55. The SMILES string of the molecule is Cc1cc2ccccc2c2c1Oc1c(C)cc3ccccc3c1N2c1c(C)cc(C(C)(C)C)cc1C. The van der Waals surface area contributed by atoms with Crippen LogP contribution in [0, 0.1) is 27.7 Å². The number of ether oxygens (including phenoxy) is 1. The predicted octanol–water partition coefficient (Wildman–Crippen LogP) is 10.1. The Hall–Kier alpha value is -3.78. The highest BCUT2D eigenvalue weighted by atomic mass is 16.5. The normalized spacial score (nSPS) is 13.0. The molecule has 0 saturated heterocycles. The molecule has 5 aromatic carbocycles. The Labute approximate surface area is 214 Å². The number of hydrogen-bond donors (Lipinski definition) is 0. The summed E-state index contributed by atoms with van der Waals surface area (Å²) in [7, 11) is 0. The predicted molar refractivity (Wildman–Crippen MR) is 154 cm³/mol. The fourth-order valence-corrected chi connectivity index (χ4v) is 5.77. The number of benzene rings is 5. The molecule has 180 valence electrons. The first kappa shape index (κ1) is 22.7. The van der Waals surface area contributed by atoms with E-state index >= 15 is 0 Å². The van der Waals surface area contributed by atoms with E-state index in [0.29, 0.717) is 0 Å². The molecule has 1 aliphatic heterocycles. The van der Waals surface area contributed by atoms with Gasteiger partial charge in [-0.1, -0.05) is 81.4 Å². The van der Waals surface area contributed by atoms with Crippen molar-refractivity contribution < 1.29 is 4.74 Å². The average Bonchev–Trinajstić information content (AvgIpc) is 2.83. The van der Waals surface area contributed by atoms with Crippen LogP contribution in [0.5, 0.6) is 11.5 Å². The maximum Gasteiger partial charge on any atom is 0.155 e. The maximum atomic E-state index is 6.82. The van der Waals surface area contributed by atoms with Gasteiger partial charge in [0.1, 0.15) is 0 Å². The van der Waals surface area contributed by atoms with Crippen molar-refractivity contribution in [1.29, 1.82) is 0 Å². The van der Waals surface area contributed by atoms with Crippen molar-refractivity contribution in [2.45, 2.75) is 53.9 Å².